The second-order valence-corrected chi connectivity index (χ2v) is 9.73. The molecule has 1 atom stereocenters. The van der Waals surface area contributed by atoms with Gasteiger partial charge in [-0.05, 0) is 30.7 Å². The van der Waals surface area contributed by atoms with E-state index in [4.69, 9.17) is 16.3 Å². The average Bonchev–Trinajstić information content (AvgIpc) is 3.19. The van der Waals surface area contributed by atoms with Gasteiger partial charge in [0.15, 0.2) is 16.8 Å². The van der Waals surface area contributed by atoms with E-state index in [2.05, 4.69) is 15.0 Å². The first kappa shape index (κ1) is 25.5. The second-order valence-electron chi connectivity index (χ2n) is 7.56. The van der Waals surface area contributed by atoms with Crippen LogP contribution in [0.5, 0.6) is 0 Å². The van der Waals surface area contributed by atoms with Crippen LogP contribution < -0.4 is 4.31 Å². The Balaban J connectivity index is 0.00000148. The Kier molecular flexibility index (Phi) is 7.20. The number of rotatable bonds is 4. The Morgan fingerprint density at radius 1 is 1.11 bits per heavy atom. The first-order valence-electron chi connectivity index (χ1n) is 11.1. The van der Waals surface area contributed by atoms with E-state index in [0.29, 0.717) is 28.1 Å². The highest BCUT2D eigenvalue weighted by atomic mass is 35.5. The van der Waals surface area contributed by atoms with E-state index < -0.39 is 31.8 Å². The Morgan fingerprint density at radius 2 is 1.81 bits per heavy atom. The predicted octanol–water partition coefficient (Wildman–Crippen LogP) is 4.65. The summed E-state index contributed by atoms with van der Waals surface area (Å²) in [4.78, 5) is 23.2. The van der Waals surface area contributed by atoms with Crippen LogP contribution in [-0.2, 0) is 21.4 Å². The molecule has 0 radical (unpaired) electrons. The SMILES string of the molecule is CC.Cc1nc(Cl)nc2c1ncn2C1CN(S(=O)(=O)c2ccccc2[N+](=O)[O-])c2ccccc2CO1. The van der Waals surface area contributed by atoms with Crippen molar-refractivity contribution < 1.29 is 18.1 Å². The van der Waals surface area contributed by atoms with Crippen molar-refractivity contribution in [2.75, 3.05) is 10.8 Å². The minimum absolute atomic E-state index is 0.0213. The van der Waals surface area contributed by atoms with E-state index >= 15 is 0 Å². The second kappa shape index (κ2) is 10.2. The summed E-state index contributed by atoms with van der Waals surface area (Å²) in [5.74, 6) is 0. The minimum atomic E-state index is -4.35. The number of hydrogen-bond acceptors (Lipinski definition) is 8. The van der Waals surface area contributed by atoms with Crippen molar-refractivity contribution in [1.29, 1.82) is 0 Å². The fourth-order valence-corrected chi connectivity index (χ4v) is 5.79. The maximum atomic E-state index is 13.8. The van der Waals surface area contributed by atoms with Crippen LogP contribution in [0.4, 0.5) is 11.4 Å². The third-order valence-electron chi connectivity index (χ3n) is 5.52. The highest BCUT2D eigenvalue weighted by Gasteiger charge is 2.37. The number of nitro groups is 1. The maximum absolute atomic E-state index is 13.8. The zero-order valence-corrected chi connectivity index (χ0v) is 21.3. The smallest absolute Gasteiger partial charge is 0.289 e. The van der Waals surface area contributed by atoms with Crippen molar-refractivity contribution in [2.24, 2.45) is 0 Å². The quantitative estimate of drug-likeness (QED) is 0.211. The average molecular weight is 531 g/mol. The van der Waals surface area contributed by atoms with E-state index in [9.17, 15) is 18.5 Å². The number of fused-ring (bicyclic) bond motifs is 2. The largest absolute Gasteiger partial charge is 0.351 e. The van der Waals surface area contributed by atoms with Crippen molar-refractivity contribution in [2.45, 2.75) is 38.5 Å². The van der Waals surface area contributed by atoms with Gasteiger partial charge in [-0.3, -0.25) is 19.0 Å². The Labute approximate surface area is 212 Å². The standard InChI is InChI=1S/C21H17ClN6O5S.C2H6/c1-13-19-20(25-21(22)24-13)26(12-23-19)18-10-27(15-7-3-2-6-14(15)11-33-18)34(31,32)17-9-5-4-8-16(17)28(29)30;1-2/h2-9,12,18H,10-11H2,1H3;1-2H3. The number of halogens is 1. The Hall–Kier alpha value is -3.61. The normalized spacial score (nSPS) is 15.6. The summed E-state index contributed by atoms with van der Waals surface area (Å²) >= 11 is 6.05. The third kappa shape index (κ3) is 4.50. The van der Waals surface area contributed by atoms with Gasteiger partial charge in [-0.1, -0.05) is 44.2 Å². The van der Waals surface area contributed by atoms with Gasteiger partial charge in [0.1, 0.15) is 5.52 Å². The van der Waals surface area contributed by atoms with E-state index in [0.717, 1.165) is 10.4 Å². The van der Waals surface area contributed by atoms with Crippen molar-refractivity contribution >= 4 is 44.2 Å². The molecule has 0 N–H and O–H groups in total. The van der Waals surface area contributed by atoms with E-state index in [1.807, 2.05) is 13.8 Å². The zero-order valence-electron chi connectivity index (χ0n) is 19.7. The first-order chi connectivity index (χ1) is 17.3. The van der Waals surface area contributed by atoms with E-state index in [1.165, 1.54) is 24.5 Å². The molecule has 0 saturated heterocycles. The molecule has 0 amide bonds. The molecule has 36 heavy (non-hydrogen) atoms. The number of nitrogens with zero attached hydrogens (tertiary/aromatic N) is 6. The molecule has 11 nitrogen and oxygen atoms in total. The van der Waals surface area contributed by atoms with Gasteiger partial charge in [0.2, 0.25) is 5.28 Å². The summed E-state index contributed by atoms with van der Waals surface area (Å²) in [7, 11) is -4.35. The molecular formula is C23H23ClN6O5S. The fourth-order valence-electron chi connectivity index (χ4n) is 3.93. The van der Waals surface area contributed by atoms with Crippen LogP contribution in [0.3, 0.4) is 0 Å². The van der Waals surface area contributed by atoms with Crippen molar-refractivity contribution in [1.82, 2.24) is 19.5 Å². The molecular weight excluding hydrogens is 508 g/mol. The molecule has 0 bridgehead atoms. The number of ether oxygens (including phenoxy) is 1. The van der Waals surface area contributed by atoms with Crippen LogP contribution in [0.25, 0.3) is 11.2 Å². The summed E-state index contributed by atoms with van der Waals surface area (Å²) in [6.07, 6.45) is 0.638. The van der Waals surface area contributed by atoms with Gasteiger partial charge in [-0.25, -0.2) is 18.4 Å². The van der Waals surface area contributed by atoms with Crippen LogP contribution in [0.1, 0.15) is 31.3 Å². The lowest BCUT2D eigenvalue weighted by Gasteiger charge is -2.27. The van der Waals surface area contributed by atoms with Gasteiger partial charge in [0.25, 0.3) is 15.7 Å². The molecule has 188 valence electrons. The number of benzene rings is 2. The third-order valence-corrected chi connectivity index (χ3v) is 7.52. The van der Waals surface area contributed by atoms with Crippen molar-refractivity contribution in [3.8, 4) is 0 Å². The number of aryl methyl sites for hydroxylation is 1. The molecule has 0 saturated carbocycles. The molecule has 13 heteroatoms. The van der Waals surface area contributed by atoms with Gasteiger partial charge >= 0.3 is 0 Å². The lowest BCUT2D eigenvalue weighted by Crippen LogP contribution is -2.36. The highest BCUT2D eigenvalue weighted by Crippen LogP contribution is 2.36. The fraction of sp³-hybridized carbons (Fsp3) is 0.261. The molecule has 0 fully saturated rings. The molecule has 2 aromatic heterocycles. The van der Waals surface area contributed by atoms with Crippen LogP contribution in [0.15, 0.2) is 59.8 Å². The van der Waals surface area contributed by atoms with Crippen LogP contribution >= 0.6 is 11.6 Å². The summed E-state index contributed by atoms with van der Waals surface area (Å²) in [6, 6.07) is 12.1. The van der Waals surface area contributed by atoms with Gasteiger partial charge in [-0.15, -0.1) is 0 Å². The van der Waals surface area contributed by atoms with Crippen LogP contribution in [0.2, 0.25) is 5.28 Å². The van der Waals surface area contributed by atoms with Gasteiger partial charge in [-0.2, -0.15) is 4.98 Å². The first-order valence-corrected chi connectivity index (χ1v) is 12.9. The summed E-state index contributed by atoms with van der Waals surface area (Å²) in [5, 5.41) is 11.6. The summed E-state index contributed by atoms with van der Waals surface area (Å²) in [6.45, 7) is 5.65. The lowest BCUT2D eigenvalue weighted by atomic mass is 10.2. The lowest BCUT2D eigenvalue weighted by molar-refractivity contribution is -0.387. The number of sulfonamides is 1. The molecule has 1 aliphatic heterocycles. The molecule has 4 aromatic rings. The molecule has 0 spiro atoms. The number of aromatic nitrogens is 4. The Bertz CT molecular complexity index is 1540. The molecule has 0 aliphatic carbocycles. The summed E-state index contributed by atoms with van der Waals surface area (Å²) in [5.41, 5.74) is 1.93. The van der Waals surface area contributed by atoms with Gasteiger partial charge in [0, 0.05) is 11.6 Å². The molecule has 1 unspecified atom stereocenters. The minimum Gasteiger partial charge on any atom is -0.351 e. The molecule has 1 aliphatic rings. The number of anilines is 1. The monoisotopic (exact) mass is 530 g/mol. The summed E-state index contributed by atoms with van der Waals surface area (Å²) < 4.78 is 36.4. The number of imidazole rings is 1. The van der Waals surface area contributed by atoms with Crippen LogP contribution in [-0.4, -0.2) is 39.4 Å². The number of nitro benzene ring substituents is 1. The van der Waals surface area contributed by atoms with E-state index in [-0.39, 0.29) is 18.4 Å². The van der Waals surface area contributed by atoms with E-state index in [1.54, 1.807) is 35.8 Å². The molecule has 5 rings (SSSR count). The van der Waals surface area contributed by atoms with Crippen molar-refractivity contribution in [3.05, 3.63) is 81.5 Å². The highest BCUT2D eigenvalue weighted by molar-refractivity contribution is 7.93. The number of hydrogen-bond donors (Lipinski definition) is 0. The van der Waals surface area contributed by atoms with Gasteiger partial charge < -0.3 is 4.74 Å². The molecule has 3 heterocycles. The number of para-hydroxylation sites is 2. The molecule has 2 aromatic carbocycles. The van der Waals surface area contributed by atoms with Crippen LogP contribution in [0, 0.1) is 17.0 Å². The zero-order chi connectivity index (χ0) is 26.0. The maximum Gasteiger partial charge on any atom is 0.289 e. The van der Waals surface area contributed by atoms with Crippen molar-refractivity contribution in [3.63, 3.8) is 0 Å². The topological polar surface area (TPSA) is 133 Å². The van der Waals surface area contributed by atoms with Gasteiger partial charge in [0.05, 0.1) is 35.8 Å². The predicted molar refractivity (Wildman–Crippen MR) is 134 cm³/mol. The Morgan fingerprint density at radius 3 is 2.56 bits per heavy atom.